The van der Waals surface area contributed by atoms with Gasteiger partial charge in [-0.25, -0.2) is 4.79 Å². The van der Waals surface area contributed by atoms with Crippen LogP contribution in [0.4, 0.5) is 0 Å². The summed E-state index contributed by atoms with van der Waals surface area (Å²) in [5.41, 5.74) is 0.737. The fourth-order valence-corrected chi connectivity index (χ4v) is 2.43. The van der Waals surface area contributed by atoms with E-state index in [2.05, 4.69) is 42.1 Å². The van der Waals surface area contributed by atoms with Crippen LogP contribution in [0, 0.1) is 0 Å². The van der Waals surface area contributed by atoms with Crippen LogP contribution in [0.1, 0.15) is 5.89 Å². The molecule has 0 radical (unpaired) electrons. The molecule has 0 atom stereocenters. The fraction of sp³-hybridized carbons (Fsp3) is 0. The molecule has 0 aliphatic rings. The van der Waals surface area contributed by atoms with Crippen LogP contribution in [0.5, 0.6) is 0 Å². The number of carboxylic acid groups (broad SMARTS) is 1. The lowest BCUT2D eigenvalue weighted by Crippen LogP contribution is -1.85. The van der Waals surface area contributed by atoms with E-state index in [1.807, 2.05) is 18.2 Å². The zero-order valence-electron chi connectivity index (χ0n) is 8.80. The third kappa shape index (κ3) is 3.05. The molecule has 0 aliphatic carbocycles. The molecule has 1 N–H and O–H groups in total. The van der Waals surface area contributed by atoms with Gasteiger partial charge in [0.1, 0.15) is 0 Å². The number of nitrogens with zero attached hydrogens (tertiary/aromatic N) is 2. The first-order valence-corrected chi connectivity index (χ1v) is 6.35. The lowest BCUT2D eigenvalue weighted by Gasteiger charge is -1.98. The zero-order valence-corrected chi connectivity index (χ0v) is 12.0. The van der Waals surface area contributed by atoms with Crippen LogP contribution in [-0.2, 0) is 4.79 Å². The van der Waals surface area contributed by atoms with Crippen molar-refractivity contribution < 1.29 is 14.3 Å². The highest BCUT2D eigenvalue weighted by Crippen LogP contribution is 2.29. The molecule has 0 unspecified atom stereocenters. The Morgan fingerprint density at radius 2 is 2.11 bits per heavy atom. The summed E-state index contributed by atoms with van der Waals surface area (Å²) < 4.78 is 7.04. The van der Waals surface area contributed by atoms with Crippen LogP contribution in [0.25, 0.3) is 17.5 Å². The number of halogens is 2. The topological polar surface area (TPSA) is 76.2 Å². The van der Waals surface area contributed by atoms with Crippen LogP contribution < -0.4 is 0 Å². The van der Waals surface area contributed by atoms with Crippen LogP contribution in [-0.4, -0.2) is 21.3 Å². The van der Waals surface area contributed by atoms with Gasteiger partial charge < -0.3 is 9.52 Å². The highest BCUT2D eigenvalue weighted by Gasteiger charge is 2.10. The molecule has 0 saturated heterocycles. The Balaban J connectivity index is 2.32. The minimum Gasteiger partial charge on any atom is -0.478 e. The highest BCUT2D eigenvalue weighted by molar-refractivity contribution is 9.11. The Bertz CT molecular complexity index is 623. The van der Waals surface area contributed by atoms with Gasteiger partial charge in [-0.05, 0) is 34.1 Å². The van der Waals surface area contributed by atoms with Crippen molar-refractivity contribution >= 4 is 43.9 Å². The van der Waals surface area contributed by atoms with Gasteiger partial charge in [-0.2, -0.15) is 0 Å². The fourth-order valence-electron chi connectivity index (χ4n) is 1.22. The minimum absolute atomic E-state index is 0.141. The van der Waals surface area contributed by atoms with E-state index in [1.165, 1.54) is 6.08 Å². The molecule has 0 bridgehead atoms. The van der Waals surface area contributed by atoms with Crippen LogP contribution >= 0.6 is 31.9 Å². The SMILES string of the molecule is O=C(O)/C=C/c1nnc(-c2ccc(Br)cc2Br)o1. The standard InChI is InChI=1S/C11H6Br2N2O3/c12-6-1-2-7(8(13)5-6)11-15-14-9(18-11)3-4-10(16)17/h1-5H,(H,16,17)/b4-3+. The predicted octanol–water partition coefficient (Wildman–Crippen LogP) is 3.36. The summed E-state index contributed by atoms with van der Waals surface area (Å²) in [6.07, 6.45) is 2.18. The highest BCUT2D eigenvalue weighted by atomic mass is 79.9. The monoisotopic (exact) mass is 372 g/mol. The van der Waals surface area contributed by atoms with Crippen molar-refractivity contribution in [3.05, 3.63) is 39.1 Å². The molecule has 0 amide bonds. The second-order valence-electron chi connectivity index (χ2n) is 3.24. The largest absolute Gasteiger partial charge is 0.478 e. The van der Waals surface area contributed by atoms with Gasteiger partial charge in [0.25, 0.3) is 0 Å². The number of aromatic nitrogens is 2. The van der Waals surface area contributed by atoms with Crippen molar-refractivity contribution in [3.63, 3.8) is 0 Å². The quantitative estimate of drug-likeness (QED) is 0.834. The minimum atomic E-state index is -1.07. The maximum atomic E-state index is 10.4. The summed E-state index contributed by atoms with van der Waals surface area (Å²) >= 11 is 6.73. The Morgan fingerprint density at radius 1 is 1.33 bits per heavy atom. The Hall–Kier alpha value is -1.47. The van der Waals surface area contributed by atoms with Crippen molar-refractivity contribution in [2.24, 2.45) is 0 Å². The smallest absolute Gasteiger partial charge is 0.328 e. The lowest BCUT2D eigenvalue weighted by molar-refractivity contribution is -0.131. The van der Waals surface area contributed by atoms with Crippen molar-refractivity contribution in [1.29, 1.82) is 0 Å². The number of hydrogen-bond acceptors (Lipinski definition) is 4. The molecular weight excluding hydrogens is 368 g/mol. The summed E-state index contributed by atoms with van der Waals surface area (Å²) in [7, 11) is 0. The molecule has 18 heavy (non-hydrogen) atoms. The van der Waals surface area contributed by atoms with E-state index >= 15 is 0 Å². The van der Waals surface area contributed by atoms with E-state index in [4.69, 9.17) is 9.52 Å². The van der Waals surface area contributed by atoms with Crippen LogP contribution in [0.2, 0.25) is 0 Å². The summed E-state index contributed by atoms with van der Waals surface area (Å²) in [6, 6.07) is 5.51. The van der Waals surface area contributed by atoms with Crippen molar-refractivity contribution in [2.75, 3.05) is 0 Å². The van der Waals surface area contributed by atoms with Gasteiger partial charge in [0, 0.05) is 21.1 Å². The second kappa shape index (κ2) is 5.45. The number of benzene rings is 1. The maximum absolute atomic E-state index is 10.4. The van der Waals surface area contributed by atoms with Gasteiger partial charge >= 0.3 is 5.97 Å². The van der Waals surface area contributed by atoms with E-state index in [1.54, 1.807) is 0 Å². The van der Waals surface area contributed by atoms with Gasteiger partial charge in [0.2, 0.25) is 11.8 Å². The molecule has 1 aromatic carbocycles. The first-order valence-electron chi connectivity index (χ1n) is 4.76. The summed E-state index contributed by atoms with van der Waals surface area (Å²) in [5.74, 6) is -0.610. The molecule has 1 heterocycles. The summed E-state index contributed by atoms with van der Waals surface area (Å²) in [4.78, 5) is 10.4. The van der Waals surface area contributed by atoms with Crippen molar-refractivity contribution in [2.45, 2.75) is 0 Å². The molecule has 0 fully saturated rings. The Labute approximate surface area is 119 Å². The third-order valence-electron chi connectivity index (χ3n) is 1.97. The van der Waals surface area contributed by atoms with E-state index in [0.29, 0.717) is 5.89 Å². The molecule has 0 spiro atoms. The molecule has 92 valence electrons. The van der Waals surface area contributed by atoms with Crippen LogP contribution in [0.3, 0.4) is 0 Å². The van der Waals surface area contributed by atoms with Crippen LogP contribution in [0.15, 0.2) is 37.6 Å². The first kappa shape index (κ1) is 13.0. The average Bonchev–Trinajstić information content (AvgIpc) is 2.75. The predicted molar refractivity (Wildman–Crippen MR) is 71.8 cm³/mol. The van der Waals surface area contributed by atoms with Gasteiger partial charge in [-0.1, -0.05) is 15.9 Å². The number of carbonyl (C=O) groups is 1. The molecule has 0 saturated carbocycles. The molecule has 1 aromatic heterocycles. The van der Waals surface area contributed by atoms with E-state index in [0.717, 1.165) is 20.6 Å². The Kier molecular flexibility index (Phi) is 3.93. The number of hydrogen-bond donors (Lipinski definition) is 1. The van der Waals surface area contributed by atoms with Gasteiger partial charge in [-0.15, -0.1) is 10.2 Å². The summed E-state index contributed by atoms with van der Waals surface area (Å²) in [5, 5.41) is 16.1. The molecular formula is C11H6Br2N2O3. The second-order valence-corrected chi connectivity index (χ2v) is 5.01. The van der Waals surface area contributed by atoms with Gasteiger partial charge in [0.05, 0.1) is 5.56 Å². The van der Waals surface area contributed by atoms with Crippen molar-refractivity contribution in [1.82, 2.24) is 10.2 Å². The number of carboxylic acids is 1. The third-order valence-corrected chi connectivity index (χ3v) is 3.12. The summed E-state index contributed by atoms with van der Waals surface area (Å²) in [6.45, 7) is 0. The number of aliphatic carboxylic acids is 1. The molecule has 2 rings (SSSR count). The van der Waals surface area contributed by atoms with E-state index in [9.17, 15) is 4.79 Å². The molecule has 7 heteroatoms. The normalized spacial score (nSPS) is 11.0. The van der Waals surface area contributed by atoms with E-state index < -0.39 is 5.97 Å². The molecule has 0 aliphatic heterocycles. The average molecular weight is 374 g/mol. The molecule has 5 nitrogen and oxygen atoms in total. The molecule has 2 aromatic rings. The van der Waals surface area contributed by atoms with Gasteiger partial charge in [0.15, 0.2) is 0 Å². The lowest BCUT2D eigenvalue weighted by atomic mass is 10.2. The Morgan fingerprint density at radius 3 is 2.78 bits per heavy atom. The van der Waals surface area contributed by atoms with Gasteiger partial charge in [-0.3, -0.25) is 0 Å². The number of rotatable bonds is 3. The zero-order chi connectivity index (χ0) is 13.1. The van der Waals surface area contributed by atoms with E-state index in [-0.39, 0.29) is 5.89 Å². The maximum Gasteiger partial charge on any atom is 0.328 e. The van der Waals surface area contributed by atoms with Crippen molar-refractivity contribution in [3.8, 4) is 11.5 Å². The first-order chi connectivity index (χ1) is 8.56.